The van der Waals surface area contributed by atoms with Crippen LogP contribution in [0.25, 0.3) is 0 Å². The van der Waals surface area contributed by atoms with Crippen LogP contribution < -0.4 is 11.1 Å². The molecule has 2 aliphatic rings. The molecule has 2 aliphatic heterocycles. The van der Waals surface area contributed by atoms with E-state index in [4.69, 9.17) is 19.0 Å². The van der Waals surface area contributed by atoms with Gasteiger partial charge in [0.15, 0.2) is 0 Å². The zero-order chi connectivity index (χ0) is 10.7. The Labute approximate surface area is 91.6 Å². The van der Waals surface area contributed by atoms with Crippen LogP contribution in [-0.4, -0.2) is 47.3 Å². The molecular weight excluding hydrogens is 212 g/mol. The van der Waals surface area contributed by atoms with Crippen molar-refractivity contribution in [1.29, 1.82) is 0 Å². The lowest BCUT2D eigenvalue weighted by Gasteiger charge is -2.22. The predicted octanol–water partition coefficient (Wildman–Crippen LogP) is -0.302. The highest BCUT2D eigenvalue weighted by atomic mass is 28.4. The summed E-state index contributed by atoms with van der Waals surface area (Å²) in [6.07, 6.45) is 1.45. The number of hydrogen-bond donors (Lipinski definition) is 2. The molecule has 3 unspecified atom stereocenters. The third-order valence-electron chi connectivity index (χ3n) is 2.85. The largest absolute Gasteiger partial charge is 0.501 e. The molecule has 6 heteroatoms. The second-order valence-corrected chi connectivity index (χ2v) is 6.74. The van der Waals surface area contributed by atoms with Crippen LogP contribution >= 0.6 is 0 Å². The van der Waals surface area contributed by atoms with Crippen molar-refractivity contribution in [2.24, 2.45) is 5.73 Å². The summed E-state index contributed by atoms with van der Waals surface area (Å²) in [5, 5.41) is 3.26. The van der Waals surface area contributed by atoms with Gasteiger partial charge in [0.05, 0.1) is 18.8 Å². The summed E-state index contributed by atoms with van der Waals surface area (Å²) in [5.74, 6) is 0. The molecule has 3 atom stereocenters. The molecule has 0 aromatic heterocycles. The van der Waals surface area contributed by atoms with Gasteiger partial charge in [-0.1, -0.05) is 0 Å². The Balaban J connectivity index is 1.66. The van der Waals surface area contributed by atoms with Crippen molar-refractivity contribution in [1.82, 2.24) is 5.32 Å². The molecule has 0 aromatic rings. The fourth-order valence-corrected chi connectivity index (χ4v) is 5.05. The van der Waals surface area contributed by atoms with Crippen LogP contribution in [0.4, 0.5) is 0 Å². The Bertz CT molecular complexity index is 216. The number of rotatable bonds is 6. The molecule has 3 N–H and O–H groups in total. The van der Waals surface area contributed by atoms with E-state index in [9.17, 15) is 0 Å². The summed E-state index contributed by atoms with van der Waals surface area (Å²) in [4.78, 5) is 0. The maximum atomic E-state index is 5.82. The quantitative estimate of drug-likeness (QED) is 0.486. The smallest absolute Gasteiger partial charge is 0.371 e. The van der Waals surface area contributed by atoms with Crippen LogP contribution in [0.15, 0.2) is 0 Å². The van der Waals surface area contributed by atoms with Crippen LogP contribution in [0, 0.1) is 0 Å². The van der Waals surface area contributed by atoms with E-state index in [1.165, 1.54) is 0 Å². The van der Waals surface area contributed by atoms with E-state index in [0.29, 0.717) is 6.54 Å². The monoisotopic (exact) mass is 232 g/mol. The third kappa shape index (κ3) is 2.58. The van der Waals surface area contributed by atoms with Gasteiger partial charge in [-0.15, -0.1) is 0 Å². The number of nitrogens with two attached hydrogens (primary N) is 1. The van der Waals surface area contributed by atoms with Gasteiger partial charge in [-0.3, -0.25) is 0 Å². The second kappa shape index (κ2) is 4.90. The molecule has 0 amide bonds. The van der Waals surface area contributed by atoms with E-state index in [2.05, 4.69) is 12.2 Å². The van der Waals surface area contributed by atoms with Gasteiger partial charge < -0.3 is 24.3 Å². The zero-order valence-electron chi connectivity index (χ0n) is 9.20. The molecule has 2 heterocycles. The minimum absolute atomic E-state index is 0.189. The van der Waals surface area contributed by atoms with Gasteiger partial charge in [-0.2, -0.15) is 0 Å². The Morgan fingerprint density at radius 2 is 2.27 bits per heavy atom. The van der Waals surface area contributed by atoms with E-state index in [-0.39, 0.29) is 12.2 Å². The fourth-order valence-electron chi connectivity index (χ4n) is 2.01. The van der Waals surface area contributed by atoms with Crippen LogP contribution in [-0.2, 0) is 13.3 Å². The molecule has 5 nitrogen and oxygen atoms in total. The maximum absolute atomic E-state index is 5.82. The summed E-state index contributed by atoms with van der Waals surface area (Å²) >= 11 is 0. The van der Waals surface area contributed by atoms with Gasteiger partial charge in [-0.05, 0) is 19.9 Å². The highest BCUT2D eigenvalue weighted by Crippen LogP contribution is 2.36. The lowest BCUT2D eigenvalue weighted by atomic mass is 10.2. The van der Waals surface area contributed by atoms with E-state index in [1.54, 1.807) is 0 Å². The van der Waals surface area contributed by atoms with Crippen LogP contribution in [0.3, 0.4) is 0 Å². The molecule has 0 radical (unpaired) electrons. The summed E-state index contributed by atoms with van der Waals surface area (Å²) in [5.41, 5.74) is 5.38. The molecule has 0 saturated carbocycles. The molecule has 2 bridgehead atoms. The molecule has 15 heavy (non-hydrogen) atoms. The van der Waals surface area contributed by atoms with Gasteiger partial charge in [-0.25, -0.2) is 0 Å². The Kier molecular flexibility index (Phi) is 3.76. The first kappa shape index (κ1) is 11.5. The molecular formula is C9H20N2O3Si. The normalized spacial score (nSPS) is 38.8. The molecule has 2 saturated heterocycles. The first-order valence-corrected chi connectivity index (χ1v) is 7.59. The van der Waals surface area contributed by atoms with E-state index >= 15 is 0 Å². The molecule has 88 valence electrons. The summed E-state index contributed by atoms with van der Waals surface area (Å²) < 4.78 is 17.3. The van der Waals surface area contributed by atoms with Crippen molar-refractivity contribution in [3.05, 3.63) is 0 Å². The Morgan fingerprint density at radius 1 is 1.40 bits per heavy atom. The lowest BCUT2D eigenvalue weighted by molar-refractivity contribution is 0.0880. The highest BCUT2D eigenvalue weighted by Gasteiger charge is 2.57. The van der Waals surface area contributed by atoms with Crippen molar-refractivity contribution < 1.29 is 13.3 Å². The topological polar surface area (TPSA) is 65.7 Å². The lowest BCUT2D eigenvalue weighted by Crippen LogP contribution is -2.41. The molecule has 0 aliphatic carbocycles. The Hall–Kier alpha value is 0.0169. The second-order valence-electron chi connectivity index (χ2n) is 4.12. The average molecular weight is 232 g/mol. The summed E-state index contributed by atoms with van der Waals surface area (Å²) in [6.45, 7) is 5.31. The predicted molar refractivity (Wildman–Crippen MR) is 58.5 cm³/mol. The molecule has 0 spiro atoms. The summed E-state index contributed by atoms with van der Waals surface area (Å²) in [6, 6.07) is 0.922. The van der Waals surface area contributed by atoms with Crippen LogP contribution in [0.5, 0.6) is 0 Å². The molecule has 2 rings (SSSR count). The molecule has 2 fully saturated rings. The van der Waals surface area contributed by atoms with Crippen LogP contribution in [0.1, 0.15) is 13.3 Å². The zero-order valence-corrected chi connectivity index (χ0v) is 10.2. The third-order valence-corrected chi connectivity index (χ3v) is 5.81. The van der Waals surface area contributed by atoms with Crippen molar-refractivity contribution in [3.63, 3.8) is 0 Å². The van der Waals surface area contributed by atoms with Gasteiger partial charge in [0.2, 0.25) is 0 Å². The number of hydrogen-bond acceptors (Lipinski definition) is 5. The van der Waals surface area contributed by atoms with Crippen molar-refractivity contribution in [2.75, 3.05) is 26.2 Å². The van der Waals surface area contributed by atoms with E-state index < -0.39 is 8.80 Å². The van der Waals surface area contributed by atoms with Crippen molar-refractivity contribution in [2.45, 2.75) is 31.6 Å². The minimum atomic E-state index is -2.23. The average Bonchev–Trinajstić information content (AvgIpc) is 2.75. The van der Waals surface area contributed by atoms with E-state index in [1.807, 2.05) is 0 Å². The number of fused-ring (bicyclic) bond motifs is 2. The van der Waals surface area contributed by atoms with E-state index in [0.717, 1.165) is 32.2 Å². The summed E-state index contributed by atoms with van der Waals surface area (Å²) in [7, 11) is -2.23. The van der Waals surface area contributed by atoms with Crippen molar-refractivity contribution in [3.8, 4) is 0 Å². The highest BCUT2D eigenvalue weighted by molar-refractivity contribution is 6.62. The number of nitrogens with one attached hydrogen (secondary N) is 1. The van der Waals surface area contributed by atoms with Gasteiger partial charge in [0.1, 0.15) is 0 Å². The van der Waals surface area contributed by atoms with Gasteiger partial charge in [0, 0.05) is 19.1 Å². The maximum Gasteiger partial charge on any atom is 0.501 e. The first-order valence-electron chi connectivity index (χ1n) is 5.66. The molecule has 0 aromatic carbocycles. The SMILES string of the molecule is CC1O[Si]2(CCCNCCN)OCC1O2. The van der Waals surface area contributed by atoms with Gasteiger partial charge >= 0.3 is 8.80 Å². The fraction of sp³-hybridized carbons (Fsp3) is 1.00. The standard InChI is InChI=1S/C9H20N2O3Si/c1-8-9-7-12-15(13-8,14-9)6-2-4-11-5-3-10/h8-9,11H,2-7,10H2,1H3. The first-order chi connectivity index (χ1) is 7.26. The Morgan fingerprint density at radius 3 is 2.87 bits per heavy atom. The minimum Gasteiger partial charge on any atom is -0.371 e. The van der Waals surface area contributed by atoms with Crippen molar-refractivity contribution >= 4 is 8.80 Å². The van der Waals surface area contributed by atoms with Gasteiger partial charge in [0.25, 0.3) is 0 Å². The van der Waals surface area contributed by atoms with Crippen LogP contribution in [0.2, 0.25) is 6.04 Å².